The Morgan fingerprint density at radius 3 is 1.06 bits per heavy atom. The summed E-state index contributed by atoms with van der Waals surface area (Å²) < 4.78 is 16.7. The minimum absolute atomic E-state index is 0.104. The molecule has 0 aromatic heterocycles. The van der Waals surface area contributed by atoms with E-state index in [4.69, 9.17) is 14.2 Å². The highest BCUT2D eigenvalue weighted by Crippen LogP contribution is 2.14. The highest BCUT2D eigenvalue weighted by molar-refractivity contribution is 5.71. The van der Waals surface area contributed by atoms with Crippen molar-refractivity contribution < 1.29 is 28.6 Å². The molecule has 6 heteroatoms. The summed E-state index contributed by atoms with van der Waals surface area (Å²) in [4.78, 5) is 38.0. The van der Waals surface area contributed by atoms with Crippen LogP contribution in [0.4, 0.5) is 0 Å². The number of hydrogen-bond donors (Lipinski definition) is 0. The summed E-state index contributed by atoms with van der Waals surface area (Å²) in [5, 5.41) is 0. The van der Waals surface area contributed by atoms with Crippen molar-refractivity contribution in [2.75, 3.05) is 13.2 Å². The molecule has 0 aromatic rings. The zero-order valence-electron chi connectivity index (χ0n) is 41.5. The van der Waals surface area contributed by atoms with E-state index in [1.54, 1.807) is 0 Å². The summed E-state index contributed by atoms with van der Waals surface area (Å²) in [6.07, 6.45) is 68.2. The summed E-state index contributed by atoms with van der Waals surface area (Å²) in [7, 11) is 0. The third kappa shape index (κ3) is 49.3. The van der Waals surface area contributed by atoms with Crippen LogP contribution in [0, 0.1) is 0 Å². The van der Waals surface area contributed by atoms with Gasteiger partial charge in [0.2, 0.25) is 0 Å². The van der Waals surface area contributed by atoms with E-state index < -0.39 is 6.10 Å². The average molecular weight is 889 g/mol. The molecule has 1 unspecified atom stereocenters. The van der Waals surface area contributed by atoms with Gasteiger partial charge in [0.25, 0.3) is 0 Å². The second kappa shape index (κ2) is 52.0. The Bertz CT molecular complexity index is 1300. The van der Waals surface area contributed by atoms with Crippen LogP contribution in [0.2, 0.25) is 0 Å². The number of carbonyl (C=O) groups excluding carboxylic acids is 3. The molecule has 0 aliphatic carbocycles. The van der Waals surface area contributed by atoms with Gasteiger partial charge in [-0.05, 0) is 83.5 Å². The maximum Gasteiger partial charge on any atom is 0.306 e. The predicted octanol–water partition coefficient (Wildman–Crippen LogP) is 17.4. The molecule has 0 aliphatic heterocycles. The molecule has 0 N–H and O–H groups in total. The van der Waals surface area contributed by atoms with Crippen LogP contribution in [0.3, 0.4) is 0 Å². The number of ether oxygens (including phenoxy) is 3. The van der Waals surface area contributed by atoms with Gasteiger partial charge in [-0.2, -0.15) is 0 Å². The maximum absolute atomic E-state index is 12.8. The van der Waals surface area contributed by atoms with Crippen LogP contribution < -0.4 is 0 Å². The van der Waals surface area contributed by atoms with Crippen LogP contribution in [0.1, 0.15) is 233 Å². The van der Waals surface area contributed by atoms with Gasteiger partial charge in [-0.25, -0.2) is 0 Å². The van der Waals surface area contributed by atoms with Gasteiger partial charge in [0, 0.05) is 19.3 Å². The van der Waals surface area contributed by atoms with Crippen molar-refractivity contribution in [3.63, 3.8) is 0 Å². The van der Waals surface area contributed by atoms with Crippen LogP contribution in [-0.2, 0) is 28.6 Å². The highest BCUT2D eigenvalue weighted by atomic mass is 16.6. The van der Waals surface area contributed by atoms with E-state index >= 15 is 0 Å². The van der Waals surface area contributed by atoms with Gasteiger partial charge in [-0.3, -0.25) is 14.4 Å². The summed E-state index contributed by atoms with van der Waals surface area (Å²) in [6.45, 7) is 6.40. The molecule has 0 bridgehead atoms. The van der Waals surface area contributed by atoms with Crippen LogP contribution in [0.15, 0.2) is 97.2 Å². The van der Waals surface area contributed by atoms with Crippen molar-refractivity contribution in [3.05, 3.63) is 97.2 Å². The molecule has 0 heterocycles. The largest absolute Gasteiger partial charge is 0.462 e. The fourth-order valence-corrected chi connectivity index (χ4v) is 6.98. The highest BCUT2D eigenvalue weighted by Gasteiger charge is 2.19. The van der Waals surface area contributed by atoms with Gasteiger partial charge in [-0.15, -0.1) is 0 Å². The van der Waals surface area contributed by atoms with Crippen molar-refractivity contribution in [3.8, 4) is 0 Å². The SMILES string of the molecule is CC\C=C/C=C\C=C/C=C\C=C\C=C/CCCCCC(=O)OC(COC(=O)CCCCCCC/C=C\CCCC)COC(=O)CCCCCCC/C=C\CCCCCCCCCCC. The second-order valence-corrected chi connectivity index (χ2v) is 17.2. The van der Waals surface area contributed by atoms with Crippen molar-refractivity contribution >= 4 is 17.9 Å². The maximum atomic E-state index is 12.8. The Kier molecular flexibility index (Phi) is 49.0. The van der Waals surface area contributed by atoms with E-state index in [0.29, 0.717) is 19.3 Å². The molecule has 1 atom stereocenters. The number of esters is 3. The first-order valence-electron chi connectivity index (χ1n) is 26.3. The van der Waals surface area contributed by atoms with Gasteiger partial charge in [0.1, 0.15) is 13.2 Å². The van der Waals surface area contributed by atoms with Crippen molar-refractivity contribution in [2.45, 2.75) is 239 Å². The molecule has 0 radical (unpaired) electrons. The zero-order chi connectivity index (χ0) is 46.5. The van der Waals surface area contributed by atoms with E-state index in [1.807, 2.05) is 60.8 Å². The lowest BCUT2D eigenvalue weighted by molar-refractivity contribution is -0.167. The number of rotatable bonds is 46. The van der Waals surface area contributed by atoms with Crippen molar-refractivity contribution in [1.29, 1.82) is 0 Å². The molecule has 364 valence electrons. The summed E-state index contributed by atoms with van der Waals surface area (Å²) in [5.41, 5.74) is 0. The lowest BCUT2D eigenvalue weighted by Gasteiger charge is -2.18. The lowest BCUT2D eigenvalue weighted by Crippen LogP contribution is -2.30. The van der Waals surface area contributed by atoms with Gasteiger partial charge >= 0.3 is 17.9 Å². The molecule has 0 saturated carbocycles. The van der Waals surface area contributed by atoms with Crippen LogP contribution >= 0.6 is 0 Å². The molecule has 0 rings (SSSR count). The van der Waals surface area contributed by atoms with Crippen molar-refractivity contribution in [2.24, 2.45) is 0 Å². The van der Waals surface area contributed by atoms with Crippen LogP contribution in [0.5, 0.6) is 0 Å². The topological polar surface area (TPSA) is 78.9 Å². The Labute approximate surface area is 394 Å². The molecule has 0 aliphatic rings. The Hall–Kier alpha value is -3.67. The molecular weight excluding hydrogens is 793 g/mol. The summed E-state index contributed by atoms with van der Waals surface area (Å²) in [6, 6.07) is 0. The van der Waals surface area contributed by atoms with Gasteiger partial charge in [0.15, 0.2) is 6.10 Å². The minimum atomic E-state index is -0.808. The molecule has 0 saturated heterocycles. The van der Waals surface area contributed by atoms with E-state index in [2.05, 4.69) is 57.2 Å². The fraction of sp³-hybridized carbons (Fsp3) is 0.672. The van der Waals surface area contributed by atoms with E-state index in [9.17, 15) is 14.4 Å². The Balaban J connectivity index is 4.47. The number of unbranched alkanes of at least 4 members (excludes halogenated alkanes) is 24. The minimum Gasteiger partial charge on any atom is -0.462 e. The number of hydrogen-bond acceptors (Lipinski definition) is 6. The normalized spacial score (nSPS) is 12.9. The van der Waals surface area contributed by atoms with E-state index in [-0.39, 0.29) is 37.5 Å². The first-order valence-corrected chi connectivity index (χ1v) is 26.3. The van der Waals surface area contributed by atoms with Crippen LogP contribution in [0.25, 0.3) is 0 Å². The fourth-order valence-electron chi connectivity index (χ4n) is 6.98. The third-order valence-electron chi connectivity index (χ3n) is 11.0. The third-order valence-corrected chi connectivity index (χ3v) is 11.0. The van der Waals surface area contributed by atoms with Gasteiger partial charge in [0.05, 0.1) is 0 Å². The predicted molar refractivity (Wildman–Crippen MR) is 274 cm³/mol. The van der Waals surface area contributed by atoms with Gasteiger partial charge in [-0.1, -0.05) is 227 Å². The Morgan fingerprint density at radius 2 is 0.641 bits per heavy atom. The van der Waals surface area contributed by atoms with Crippen LogP contribution in [-0.4, -0.2) is 37.2 Å². The standard InChI is InChI=1S/C58H96O6/c1-4-7-10-13-16-19-22-24-26-28-30-31-33-36-39-42-45-48-51-57(60)63-54-55(53-62-56(59)50-47-44-41-38-35-21-18-15-12-9-6-3)64-58(61)52-49-46-43-40-37-34-32-29-27-25-23-20-17-14-11-8-5-2/h8,11,14-15,17-18,20,23,25,27,29-32,34,37,55H,4-7,9-10,12-13,16,19,21-22,24,26,28,33,35-36,38-54H2,1-3H3/b11-8-,17-14-,18-15-,23-20-,27-25-,31-30-,32-29+,37-34-. The molecule has 0 spiro atoms. The smallest absolute Gasteiger partial charge is 0.306 e. The molecule has 0 fully saturated rings. The quantitative estimate of drug-likeness (QED) is 0.0199. The first kappa shape index (κ1) is 60.3. The molecule has 6 nitrogen and oxygen atoms in total. The molecular formula is C58H96O6. The lowest BCUT2D eigenvalue weighted by atomic mass is 10.1. The second-order valence-electron chi connectivity index (χ2n) is 17.2. The molecule has 64 heavy (non-hydrogen) atoms. The van der Waals surface area contributed by atoms with Gasteiger partial charge < -0.3 is 14.2 Å². The summed E-state index contributed by atoms with van der Waals surface area (Å²) >= 11 is 0. The Morgan fingerprint density at radius 1 is 0.328 bits per heavy atom. The number of carbonyl (C=O) groups is 3. The monoisotopic (exact) mass is 889 g/mol. The average Bonchev–Trinajstić information content (AvgIpc) is 3.29. The van der Waals surface area contributed by atoms with E-state index in [0.717, 1.165) is 89.9 Å². The zero-order valence-corrected chi connectivity index (χ0v) is 41.5. The molecule has 0 aromatic carbocycles. The summed E-state index contributed by atoms with van der Waals surface area (Å²) in [5.74, 6) is -0.968. The first-order chi connectivity index (χ1) is 31.5. The molecule has 0 amide bonds. The van der Waals surface area contributed by atoms with E-state index in [1.165, 1.54) is 96.3 Å². The van der Waals surface area contributed by atoms with Crippen molar-refractivity contribution in [1.82, 2.24) is 0 Å². The number of allylic oxidation sites excluding steroid dienone is 16.